The number of rotatable bonds is 18. The molecule has 0 unspecified atom stereocenters. The number of ether oxygens (including phenoxy) is 3. The number of para-hydroxylation sites is 1. The highest BCUT2D eigenvalue weighted by Gasteiger charge is 2.08. The van der Waals surface area contributed by atoms with Crippen molar-refractivity contribution >= 4 is 29.4 Å². The number of carbonyl (C=O) groups excluding carboxylic acids is 1. The topological polar surface area (TPSA) is 132 Å². The molecule has 4 N–H and O–H groups in total. The predicted molar refractivity (Wildman–Crippen MR) is 164 cm³/mol. The number of methoxy groups -OCH3 is 1. The van der Waals surface area contributed by atoms with Gasteiger partial charge in [0.25, 0.3) is 5.91 Å². The van der Waals surface area contributed by atoms with Crippen LogP contribution in [0.15, 0.2) is 84.9 Å². The smallest absolute Gasteiger partial charge is 0.251 e. The Labute approximate surface area is 246 Å². The van der Waals surface area contributed by atoms with Crippen LogP contribution in [0.4, 0.5) is 23.5 Å². The Balaban J connectivity index is 1.17. The number of aromatic nitrogens is 3. The average molecular weight is 572 g/mol. The normalized spacial score (nSPS) is 10.6. The highest BCUT2D eigenvalue weighted by Crippen LogP contribution is 2.16. The first-order valence-electron chi connectivity index (χ1n) is 13.9. The molecule has 11 heteroatoms. The lowest BCUT2D eigenvalue weighted by molar-refractivity contribution is 0.0519. The number of carbonyl (C=O) groups is 1. The van der Waals surface area contributed by atoms with E-state index < -0.39 is 0 Å². The first-order valence-corrected chi connectivity index (χ1v) is 13.9. The summed E-state index contributed by atoms with van der Waals surface area (Å²) in [7, 11) is 1.66. The molecule has 3 aromatic carbocycles. The quantitative estimate of drug-likeness (QED) is 0.129. The van der Waals surface area contributed by atoms with Crippen molar-refractivity contribution in [2.24, 2.45) is 0 Å². The van der Waals surface area contributed by atoms with Crippen LogP contribution < -0.4 is 26.0 Å². The number of anilines is 4. The average Bonchev–Trinajstić information content (AvgIpc) is 3.03. The third-order valence-corrected chi connectivity index (χ3v) is 5.99. The van der Waals surface area contributed by atoms with Gasteiger partial charge in [-0.05, 0) is 48.4 Å². The van der Waals surface area contributed by atoms with Gasteiger partial charge >= 0.3 is 0 Å². The maximum Gasteiger partial charge on any atom is 0.251 e. The van der Waals surface area contributed by atoms with Gasteiger partial charge in [-0.2, -0.15) is 15.0 Å². The van der Waals surface area contributed by atoms with E-state index in [0.717, 1.165) is 17.9 Å². The Bertz CT molecular complexity index is 1340. The van der Waals surface area contributed by atoms with E-state index in [0.29, 0.717) is 69.5 Å². The van der Waals surface area contributed by atoms with Crippen LogP contribution in [0.25, 0.3) is 0 Å². The molecule has 0 atom stereocenters. The second kappa shape index (κ2) is 17.2. The van der Waals surface area contributed by atoms with Crippen LogP contribution in [0, 0.1) is 0 Å². The maximum atomic E-state index is 12.0. The van der Waals surface area contributed by atoms with Crippen LogP contribution in [-0.4, -0.2) is 74.0 Å². The lowest BCUT2D eigenvalue weighted by Crippen LogP contribution is -2.27. The molecular weight excluding hydrogens is 534 g/mol. The molecule has 1 aromatic heterocycles. The Morgan fingerprint density at radius 3 is 1.93 bits per heavy atom. The summed E-state index contributed by atoms with van der Waals surface area (Å²) >= 11 is 0. The van der Waals surface area contributed by atoms with Crippen molar-refractivity contribution in [1.82, 2.24) is 20.3 Å². The lowest BCUT2D eigenvalue weighted by Gasteiger charge is -2.12. The van der Waals surface area contributed by atoms with Gasteiger partial charge in [0.05, 0.1) is 33.5 Å². The van der Waals surface area contributed by atoms with E-state index in [1.807, 2.05) is 72.8 Å². The fourth-order valence-electron chi connectivity index (χ4n) is 3.84. The molecule has 0 aliphatic carbocycles. The molecule has 11 nitrogen and oxygen atoms in total. The van der Waals surface area contributed by atoms with Crippen LogP contribution >= 0.6 is 0 Å². The summed E-state index contributed by atoms with van der Waals surface area (Å²) in [5.41, 5.74) is 2.68. The minimum Gasteiger partial charge on any atom is -0.497 e. The van der Waals surface area contributed by atoms with Crippen LogP contribution in [-0.2, 0) is 15.9 Å². The van der Waals surface area contributed by atoms with Crippen molar-refractivity contribution in [2.45, 2.75) is 6.42 Å². The summed E-state index contributed by atoms with van der Waals surface area (Å²) in [4.78, 5) is 25.6. The second-order valence-corrected chi connectivity index (χ2v) is 9.10. The van der Waals surface area contributed by atoms with Gasteiger partial charge < -0.3 is 35.5 Å². The number of amides is 1. The maximum absolute atomic E-state index is 12.0. The van der Waals surface area contributed by atoms with Gasteiger partial charge in [-0.15, -0.1) is 0 Å². The van der Waals surface area contributed by atoms with Gasteiger partial charge in [0.15, 0.2) is 0 Å². The molecule has 42 heavy (non-hydrogen) atoms. The Morgan fingerprint density at radius 1 is 0.667 bits per heavy atom. The van der Waals surface area contributed by atoms with E-state index in [9.17, 15) is 4.79 Å². The van der Waals surface area contributed by atoms with Gasteiger partial charge in [-0.25, -0.2) is 0 Å². The fraction of sp³-hybridized carbons (Fsp3) is 0.290. The molecule has 0 saturated carbocycles. The van der Waals surface area contributed by atoms with E-state index in [1.54, 1.807) is 19.2 Å². The number of nitrogens with zero attached hydrogens (tertiary/aromatic N) is 3. The molecule has 1 amide bonds. The predicted octanol–water partition coefficient (Wildman–Crippen LogP) is 4.15. The molecule has 0 bridgehead atoms. The van der Waals surface area contributed by atoms with Gasteiger partial charge in [0.2, 0.25) is 17.8 Å². The largest absolute Gasteiger partial charge is 0.497 e. The van der Waals surface area contributed by atoms with Crippen molar-refractivity contribution in [1.29, 1.82) is 0 Å². The van der Waals surface area contributed by atoms with Gasteiger partial charge in [-0.3, -0.25) is 4.79 Å². The molecule has 0 saturated heterocycles. The highest BCUT2D eigenvalue weighted by atomic mass is 16.5. The molecule has 0 fully saturated rings. The van der Waals surface area contributed by atoms with Crippen molar-refractivity contribution in [3.63, 3.8) is 0 Å². The molecule has 0 radical (unpaired) electrons. The van der Waals surface area contributed by atoms with Gasteiger partial charge in [0, 0.05) is 30.9 Å². The third-order valence-electron chi connectivity index (χ3n) is 5.99. The Morgan fingerprint density at radius 2 is 1.26 bits per heavy atom. The van der Waals surface area contributed by atoms with E-state index in [-0.39, 0.29) is 5.91 Å². The SMILES string of the molecule is COc1ccc(CCNc2nc(NCCOCCOCCNC(=O)c3ccccc3)nc(Nc3ccccc3)n2)cc1. The monoisotopic (exact) mass is 571 g/mol. The summed E-state index contributed by atoms with van der Waals surface area (Å²) in [6.07, 6.45) is 0.801. The van der Waals surface area contributed by atoms with Crippen LogP contribution in [0.3, 0.4) is 0 Å². The van der Waals surface area contributed by atoms with Crippen molar-refractivity contribution in [3.05, 3.63) is 96.1 Å². The van der Waals surface area contributed by atoms with Crippen LogP contribution in [0.1, 0.15) is 15.9 Å². The third kappa shape index (κ3) is 10.7. The first kappa shape index (κ1) is 30.2. The fourth-order valence-corrected chi connectivity index (χ4v) is 3.84. The summed E-state index contributed by atoms with van der Waals surface area (Å²) in [5, 5.41) is 12.5. The van der Waals surface area contributed by atoms with E-state index >= 15 is 0 Å². The number of benzene rings is 3. The summed E-state index contributed by atoms with van der Waals surface area (Å²) < 4.78 is 16.4. The number of nitrogens with one attached hydrogen (secondary N) is 4. The standard InChI is InChI=1S/C31H37N7O4/c1-40-27-14-12-24(13-15-27)16-17-33-29-36-30(38-31(37-29)35-26-10-6-3-7-11-26)34-19-21-42-23-22-41-20-18-32-28(39)25-8-4-2-5-9-25/h2-15H,16-23H2,1H3,(H,32,39)(H3,33,34,35,36,37,38). The molecule has 0 aliphatic heterocycles. The number of hydrogen-bond acceptors (Lipinski definition) is 10. The Kier molecular flexibility index (Phi) is 12.3. The summed E-state index contributed by atoms with van der Waals surface area (Å²) in [5.74, 6) is 2.05. The first-order chi connectivity index (χ1) is 20.7. The summed E-state index contributed by atoms with van der Waals surface area (Å²) in [6, 6.07) is 26.8. The number of hydrogen-bond donors (Lipinski definition) is 4. The zero-order valence-corrected chi connectivity index (χ0v) is 23.7. The molecular formula is C31H37N7O4. The van der Waals surface area contributed by atoms with Crippen molar-refractivity contribution in [2.75, 3.05) is 69.1 Å². The molecule has 1 heterocycles. The lowest BCUT2D eigenvalue weighted by atomic mass is 10.1. The minimum absolute atomic E-state index is 0.113. The van der Waals surface area contributed by atoms with E-state index in [4.69, 9.17) is 14.2 Å². The van der Waals surface area contributed by atoms with E-state index in [1.165, 1.54) is 5.56 Å². The minimum atomic E-state index is -0.113. The van der Waals surface area contributed by atoms with Crippen LogP contribution in [0.2, 0.25) is 0 Å². The van der Waals surface area contributed by atoms with Crippen molar-refractivity contribution in [3.8, 4) is 5.75 Å². The summed E-state index contributed by atoms with van der Waals surface area (Å²) in [6.45, 7) is 3.32. The molecule has 4 aromatic rings. The molecule has 0 spiro atoms. The van der Waals surface area contributed by atoms with Crippen LogP contribution in [0.5, 0.6) is 5.75 Å². The molecule has 220 valence electrons. The molecule has 0 aliphatic rings. The zero-order chi connectivity index (χ0) is 29.2. The second-order valence-electron chi connectivity index (χ2n) is 9.10. The highest BCUT2D eigenvalue weighted by molar-refractivity contribution is 5.94. The van der Waals surface area contributed by atoms with Crippen molar-refractivity contribution < 1.29 is 19.0 Å². The van der Waals surface area contributed by atoms with E-state index in [2.05, 4.69) is 36.2 Å². The Hall–Kier alpha value is -4.74. The van der Waals surface area contributed by atoms with Gasteiger partial charge in [0.1, 0.15) is 5.75 Å². The van der Waals surface area contributed by atoms with Gasteiger partial charge in [-0.1, -0.05) is 48.5 Å². The molecule has 4 rings (SSSR count). The zero-order valence-electron chi connectivity index (χ0n) is 23.7.